The van der Waals surface area contributed by atoms with Gasteiger partial charge in [-0.1, -0.05) is 6.42 Å². The second kappa shape index (κ2) is 6.96. The van der Waals surface area contributed by atoms with Crippen LogP contribution in [0, 0.1) is 0 Å². The molecule has 5 nitrogen and oxygen atoms in total. The molecule has 1 aliphatic heterocycles. The van der Waals surface area contributed by atoms with E-state index >= 15 is 0 Å². The maximum Gasteiger partial charge on any atom is 0.220 e. The first-order valence-electron chi connectivity index (χ1n) is 6.24. The fraction of sp³-hybridized carbons (Fsp3) is 0.909. The fourth-order valence-corrected chi connectivity index (χ4v) is 3.78. The third-order valence-electron chi connectivity index (χ3n) is 3.10. The van der Waals surface area contributed by atoms with Crippen molar-refractivity contribution in [2.75, 3.05) is 18.8 Å². The highest BCUT2D eigenvalue weighted by Crippen LogP contribution is 2.19. The van der Waals surface area contributed by atoms with Crippen molar-refractivity contribution in [3.05, 3.63) is 0 Å². The number of nitrogens with one attached hydrogen (secondary N) is 1. The minimum absolute atomic E-state index is 0.0517. The van der Waals surface area contributed by atoms with E-state index in [4.69, 9.17) is 5.73 Å². The predicted molar refractivity (Wildman–Crippen MR) is 67.3 cm³/mol. The summed E-state index contributed by atoms with van der Waals surface area (Å²) in [5.74, 6) is 0.216. The number of hydrogen-bond donors (Lipinski definition) is 2. The molecule has 1 rings (SSSR count). The van der Waals surface area contributed by atoms with Crippen molar-refractivity contribution in [1.29, 1.82) is 0 Å². The Morgan fingerprint density at radius 3 is 2.65 bits per heavy atom. The molecule has 17 heavy (non-hydrogen) atoms. The standard InChI is InChI=1S/C11H22N2O3S/c12-7-3-1-2-6-11(14)13-9-10-5-4-8-17(10,15)16/h10H,1-9,12H2,(H,13,14). The third kappa shape index (κ3) is 5.04. The Morgan fingerprint density at radius 2 is 2.06 bits per heavy atom. The summed E-state index contributed by atoms with van der Waals surface area (Å²) in [6, 6.07) is 0. The lowest BCUT2D eigenvalue weighted by Gasteiger charge is -2.10. The van der Waals surface area contributed by atoms with Crippen LogP contribution in [0.2, 0.25) is 0 Å². The Balaban J connectivity index is 2.15. The van der Waals surface area contributed by atoms with Crippen molar-refractivity contribution in [1.82, 2.24) is 5.32 Å². The summed E-state index contributed by atoms with van der Waals surface area (Å²) >= 11 is 0. The summed E-state index contributed by atoms with van der Waals surface area (Å²) in [4.78, 5) is 11.4. The maximum absolute atomic E-state index is 11.5. The Bertz CT molecular complexity index is 341. The smallest absolute Gasteiger partial charge is 0.220 e. The first-order chi connectivity index (χ1) is 8.06. The van der Waals surface area contributed by atoms with Crippen molar-refractivity contribution in [3.8, 4) is 0 Å². The van der Waals surface area contributed by atoms with Gasteiger partial charge in [-0.15, -0.1) is 0 Å². The number of hydrogen-bond acceptors (Lipinski definition) is 4. The highest BCUT2D eigenvalue weighted by molar-refractivity contribution is 7.92. The number of rotatable bonds is 7. The van der Waals surface area contributed by atoms with Crippen LogP contribution in [0.5, 0.6) is 0 Å². The molecular formula is C11H22N2O3S. The minimum atomic E-state index is -2.94. The fourth-order valence-electron chi connectivity index (χ4n) is 2.01. The molecule has 100 valence electrons. The molecule has 1 unspecified atom stereocenters. The van der Waals surface area contributed by atoms with Crippen LogP contribution in [0.3, 0.4) is 0 Å². The van der Waals surface area contributed by atoms with E-state index in [1.54, 1.807) is 0 Å². The number of nitrogens with two attached hydrogens (primary N) is 1. The summed E-state index contributed by atoms with van der Waals surface area (Å²) < 4.78 is 23.0. The summed E-state index contributed by atoms with van der Waals surface area (Å²) in [5, 5.41) is 2.34. The molecule has 1 fully saturated rings. The maximum atomic E-state index is 11.5. The van der Waals surface area contributed by atoms with E-state index in [1.807, 2.05) is 0 Å². The highest BCUT2D eigenvalue weighted by Gasteiger charge is 2.31. The summed E-state index contributed by atoms with van der Waals surface area (Å²) in [6.45, 7) is 0.931. The van der Waals surface area contributed by atoms with Gasteiger partial charge in [0.25, 0.3) is 0 Å². The quantitative estimate of drug-likeness (QED) is 0.641. The average molecular weight is 262 g/mol. The molecule has 0 spiro atoms. The van der Waals surface area contributed by atoms with Gasteiger partial charge in [0.05, 0.1) is 11.0 Å². The SMILES string of the molecule is NCCCCCC(=O)NCC1CCCS1(=O)=O. The topological polar surface area (TPSA) is 89.3 Å². The lowest BCUT2D eigenvalue weighted by atomic mass is 10.2. The Hall–Kier alpha value is -0.620. The molecular weight excluding hydrogens is 240 g/mol. The molecule has 0 saturated carbocycles. The Labute approximate surface area is 103 Å². The number of carbonyl (C=O) groups is 1. The second-order valence-electron chi connectivity index (χ2n) is 4.53. The molecule has 0 radical (unpaired) electrons. The molecule has 0 aromatic carbocycles. The summed E-state index contributed by atoms with van der Waals surface area (Å²) in [6.07, 6.45) is 4.57. The summed E-state index contributed by atoms with van der Waals surface area (Å²) in [5.41, 5.74) is 5.35. The normalized spacial score (nSPS) is 22.5. The second-order valence-corrected chi connectivity index (χ2v) is 6.94. The van der Waals surface area contributed by atoms with E-state index < -0.39 is 9.84 Å². The molecule has 1 amide bonds. The third-order valence-corrected chi connectivity index (χ3v) is 5.37. The molecule has 0 aromatic rings. The van der Waals surface area contributed by atoms with Gasteiger partial charge in [-0.05, 0) is 32.2 Å². The van der Waals surface area contributed by atoms with Crippen LogP contribution in [0.15, 0.2) is 0 Å². The lowest BCUT2D eigenvalue weighted by molar-refractivity contribution is -0.121. The van der Waals surface area contributed by atoms with Crippen molar-refractivity contribution >= 4 is 15.7 Å². The zero-order chi connectivity index (χ0) is 12.7. The van der Waals surface area contributed by atoms with E-state index in [0.29, 0.717) is 19.4 Å². The van der Waals surface area contributed by atoms with E-state index in [9.17, 15) is 13.2 Å². The van der Waals surface area contributed by atoms with Crippen LogP contribution in [-0.4, -0.2) is 38.4 Å². The lowest BCUT2D eigenvalue weighted by Crippen LogP contribution is -2.34. The zero-order valence-electron chi connectivity index (χ0n) is 10.2. The van der Waals surface area contributed by atoms with E-state index in [0.717, 1.165) is 25.7 Å². The van der Waals surface area contributed by atoms with Crippen LogP contribution >= 0.6 is 0 Å². The van der Waals surface area contributed by atoms with E-state index in [-0.39, 0.29) is 23.5 Å². The first-order valence-corrected chi connectivity index (χ1v) is 7.96. The molecule has 0 aromatic heterocycles. The number of unbranched alkanes of at least 4 members (excludes halogenated alkanes) is 2. The molecule has 1 saturated heterocycles. The van der Waals surface area contributed by atoms with Gasteiger partial charge in [0.2, 0.25) is 5.91 Å². The number of sulfone groups is 1. The molecule has 1 heterocycles. The van der Waals surface area contributed by atoms with Crippen LogP contribution in [0.4, 0.5) is 0 Å². The van der Waals surface area contributed by atoms with Crippen molar-refractivity contribution in [2.24, 2.45) is 5.73 Å². The number of carbonyl (C=O) groups excluding carboxylic acids is 1. The zero-order valence-corrected chi connectivity index (χ0v) is 11.0. The van der Waals surface area contributed by atoms with E-state index in [2.05, 4.69) is 5.32 Å². The molecule has 0 aliphatic carbocycles. The molecule has 6 heteroatoms. The van der Waals surface area contributed by atoms with Crippen molar-refractivity contribution in [3.63, 3.8) is 0 Å². The number of amides is 1. The first kappa shape index (κ1) is 14.4. The molecule has 0 bridgehead atoms. The van der Waals surface area contributed by atoms with Gasteiger partial charge in [0.1, 0.15) is 0 Å². The predicted octanol–water partition coefficient (Wildman–Crippen LogP) is 0.199. The Kier molecular flexibility index (Phi) is 5.91. The van der Waals surface area contributed by atoms with Gasteiger partial charge >= 0.3 is 0 Å². The van der Waals surface area contributed by atoms with Gasteiger partial charge in [-0.25, -0.2) is 8.42 Å². The van der Waals surface area contributed by atoms with E-state index in [1.165, 1.54) is 0 Å². The van der Waals surface area contributed by atoms with Gasteiger partial charge < -0.3 is 11.1 Å². The van der Waals surface area contributed by atoms with Gasteiger partial charge in [-0.3, -0.25) is 4.79 Å². The highest BCUT2D eigenvalue weighted by atomic mass is 32.2. The van der Waals surface area contributed by atoms with Crippen molar-refractivity contribution in [2.45, 2.75) is 43.8 Å². The molecule has 1 aliphatic rings. The van der Waals surface area contributed by atoms with Gasteiger partial charge in [0.15, 0.2) is 9.84 Å². The van der Waals surface area contributed by atoms with Crippen LogP contribution < -0.4 is 11.1 Å². The average Bonchev–Trinajstić information content (AvgIpc) is 2.61. The minimum Gasteiger partial charge on any atom is -0.355 e. The van der Waals surface area contributed by atoms with Crippen LogP contribution in [0.1, 0.15) is 38.5 Å². The monoisotopic (exact) mass is 262 g/mol. The molecule has 3 N–H and O–H groups in total. The van der Waals surface area contributed by atoms with Gasteiger partial charge in [0, 0.05) is 13.0 Å². The van der Waals surface area contributed by atoms with Crippen molar-refractivity contribution < 1.29 is 13.2 Å². The van der Waals surface area contributed by atoms with Gasteiger partial charge in [-0.2, -0.15) is 0 Å². The largest absolute Gasteiger partial charge is 0.355 e. The van der Waals surface area contributed by atoms with Crippen LogP contribution in [0.25, 0.3) is 0 Å². The summed E-state index contributed by atoms with van der Waals surface area (Å²) in [7, 11) is -2.94. The Morgan fingerprint density at radius 1 is 1.29 bits per heavy atom. The molecule has 1 atom stereocenters. The van der Waals surface area contributed by atoms with Crippen LogP contribution in [-0.2, 0) is 14.6 Å².